The number of nitrogens with zero attached hydrogens (tertiary/aromatic N) is 1. The van der Waals surface area contributed by atoms with E-state index in [-0.39, 0.29) is 0 Å². The van der Waals surface area contributed by atoms with Crippen LogP contribution in [0.15, 0.2) is 65.7 Å². The van der Waals surface area contributed by atoms with Crippen LogP contribution in [0.2, 0.25) is 0 Å². The van der Waals surface area contributed by atoms with Crippen molar-refractivity contribution in [2.24, 2.45) is 4.99 Å². The van der Waals surface area contributed by atoms with E-state index in [0.717, 1.165) is 33.3 Å². The van der Waals surface area contributed by atoms with Gasteiger partial charge in [0.1, 0.15) is 5.75 Å². The quantitative estimate of drug-likeness (QED) is 0.366. The van der Waals surface area contributed by atoms with Gasteiger partial charge >= 0.3 is 0 Å². The SMILES string of the molecule is CCOc1ccc2cc(C#Cc3ccc(N=C=S)cc3)ccc2c1. The number of thiocarbonyl (C=S) groups is 1. The zero-order valence-electron chi connectivity index (χ0n) is 13.2. The number of hydrogen-bond acceptors (Lipinski definition) is 3. The minimum Gasteiger partial charge on any atom is -0.494 e. The number of isothiocyanates is 1. The van der Waals surface area contributed by atoms with Gasteiger partial charge in [0, 0.05) is 11.1 Å². The average Bonchev–Trinajstić information content (AvgIpc) is 2.61. The zero-order chi connectivity index (χ0) is 16.8. The summed E-state index contributed by atoms with van der Waals surface area (Å²) >= 11 is 4.59. The minimum absolute atomic E-state index is 0.670. The van der Waals surface area contributed by atoms with E-state index < -0.39 is 0 Å². The fourth-order valence-corrected chi connectivity index (χ4v) is 2.48. The maximum atomic E-state index is 5.53. The third-order valence-corrected chi connectivity index (χ3v) is 3.61. The van der Waals surface area contributed by atoms with E-state index in [1.54, 1.807) is 0 Å². The van der Waals surface area contributed by atoms with Crippen LogP contribution >= 0.6 is 12.2 Å². The fourth-order valence-electron chi connectivity index (χ4n) is 2.37. The molecule has 0 aliphatic carbocycles. The topological polar surface area (TPSA) is 21.6 Å². The molecule has 116 valence electrons. The van der Waals surface area contributed by atoms with Gasteiger partial charge in [-0.05, 0) is 78.4 Å². The zero-order valence-corrected chi connectivity index (χ0v) is 14.1. The summed E-state index contributed by atoms with van der Waals surface area (Å²) in [4.78, 5) is 3.93. The van der Waals surface area contributed by atoms with E-state index in [2.05, 4.69) is 52.4 Å². The van der Waals surface area contributed by atoms with Gasteiger partial charge in [-0.2, -0.15) is 4.99 Å². The highest BCUT2D eigenvalue weighted by Gasteiger charge is 1.98. The second-order valence-corrected chi connectivity index (χ2v) is 5.34. The van der Waals surface area contributed by atoms with Crippen molar-refractivity contribution >= 4 is 33.8 Å². The average molecular weight is 329 g/mol. The summed E-state index contributed by atoms with van der Waals surface area (Å²) in [5.41, 5.74) is 2.70. The van der Waals surface area contributed by atoms with Gasteiger partial charge in [-0.3, -0.25) is 0 Å². The van der Waals surface area contributed by atoms with Crippen LogP contribution in [0.5, 0.6) is 5.75 Å². The summed E-state index contributed by atoms with van der Waals surface area (Å²) in [6.07, 6.45) is 0. The Morgan fingerprint density at radius 2 is 1.54 bits per heavy atom. The van der Waals surface area contributed by atoms with Gasteiger partial charge in [-0.15, -0.1) is 0 Å². The largest absolute Gasteiger partial charge is 0.494 e. The summed E-state index contributed by atoms with van der Waals surface area (Å²) in [6.45, 7) is 2.65. The van der Waals surface area contributed by atoms with Crippen LogP contribution in [0.25, 0.3) is 10.8 Å². The minimum atomic E-state index is 0.670. The monoisotopic (exact) mass is 329 g/mol. The molecule has 0 spiro atoms. The van der Waals surface area contributed by atoms with E-state index >= 15 is 0 Å². The lowest BCUT2D eigenvalue weighted by molar-refractivity contribution is 0.341. The van der Waals surface area contributed by atoms with Crippen LogP contribution in [-0.2, 0) is 0 Å². The first-order chi connectivity index (χ1) is 11.8. The summed E-state index contributed by atoms with van der Waals surface area (Å²) in [5.74, 6) is 7.25. The molecular formula is C21H15NOS. The normalized spacial score (nSPS) is 9.71. The highest BCUT2D eigenvalue weighted by atomic mass is 32.1. The first-order valence-electron chi connectivity index (χ1n) is 7.65. The van der Waals surface area contributed by atoms with E-state index in [1.807, 2.05) is 49.4 Å². The van der Waals surface area contributed by atoms with Crippen molar-refractivity contribution in [3.8, 4) is 17.6 Å². The van der Waals surface area contributed by atoms with Gasteiger partial charge in [-0.1, -0.05) is 24.0 Å². The van der Waals surface area contributed by atoms with Crippen molar-refractivity contribution in [1.82, 2.24) is 0 Å². The number of ether oxygens (including phenoxy) is 1. The number of benzene rings is 3. The predicted molar refractivity (Wildman–Crippen MR) is 102 cm³/mol. The van der Waals surface area contributed by atoms with Gasteiger partial charge in [0.2, 0.25) is 0 Å². The Kier molecular flexibility index (Phi) is 5.03. The first-order valence-corrected chi connectivity index (χ1v) is 8.06. The molecule has 3 rings (SSSR count). The Bertz CT molecular complexity index is 974. The maximum Gasteiger partial charge on any atom is 0.119 e. The van der Waals surface area contributed by atoms with Gasteiger partial charge < -0.3 is 4.74 Å². The van der Waals surface area contributed by atoms with Crippen LogP contribution in [0, 0.1) is 11.8 Å². The second-order valence-electron chi connectivity index (χ2n) is 5.16. The summed E-state index contributed by atoms with van der Waals surface area (Å²) in [7, 11) is 0. The lowest BCUT2D eigenvalue weighted by Crippen LogP contribution is -1.90. The molecule has 0 heterocycles. The lowest BCUT2D eigenvalue weighted by Gasteiger charge is -2.04. The molecule has 0 atom stereocenters. The van der Waals surface area contributed by atoms with Crippen LogP contribution in [0.3, 0.4) is 0 Å². The lowest BCUT2D eigenvalue weighted by atomic mass is 10.1. The highest BCUT2D eigenvalue weighted by Crippen LogP contribution is 2.22. The van der Waals surface area contributed by atoms with Gasteiger partial charge in [-0.25, -0.2) is 0 Å². The molecule has 0 N–H and O–H groups in total. The van der Waals surface area contributed by atoms with Crippen molar-refractivity contribution in [2.75, 3.05) is 6.61 Å². The van der Waals surface area contributed by atoms with Crippen LogP contribution < -0.4 is 4.74 Å². The van der Waals surface area contributed by atoms with Crippen molar-refractivity contribution in [3.05, 3.63) is 71.8 Å². The molecule has 3 aromatic rings. The fraction of sp³-hybridized carbons (Fsp3) is 0.0952. The Balaban J connectivity index is 1.85. The molecule has 0 saturated heterocycles. The van der Waals surface area contributed by atoms with E-state index in [0.29, 0.717) is 6.61 Å². The highest BCUT2D eigenvalue weighted by molar-refractivity contribution is 7.78. The maximum absolute atomic E-state index is 5.53. The molecule has 0 unspecified atom stereocenters. The third kappa shape index (κ3) is 3.88. The van der Waals surface area contributed by atoms with Crippen molar-refractivity contribution < 1.29 is 4.74 Å². The molecule has 0 saturated carbocycles. The molecule has 0 bridgehead atoms. The molecule has 3 aromatic carbocycles. The molecule has 0 fully saturated rings. The van der Waals surface area contributed by atoms with Gasteiger partial charge in [0.25, 0.3) is 0 Å². The van der Waals surface area contributed by atoms with Crippen LogP contribution in [0.1, 0.15) is 18.1 Å². The predicted octanol–water partition coefficient (Wildman–Crippen LogP) is 5.37. The molecular weight excluding hydrogens is 314 g/mol. The van der Waals surface area contributed by atoms with E-state index in [9.17, 15) is 0 Å². The van der Waals surface area contributed by atoms with Crippen molar-refractivity contribution in [1.29, 1.82) is 0 Å². The van der Waals surface area contributed by atoms with Crippen LogP contribution in [-0.4, -0.2) is 11.8 Å². The third-order valence-electron chi connectivity index (χ3n) is 3.52. The summed E-state index contributed by atoms with van der Waals surface area (Å²) in [6, 6.07) is 19.9. The Morgan fingerprint density at radius 3 is 2.29 bits per heavy atom. The number of rotatable bonds is 3. The smallest absolute Gasteiger partial charge is 0.119 e. The second kappa shape index (κ2) is 7.57. The number of hydrogen-bond donors (Lipinski definition) is 0. The standard InChI is InChI=1S/C21H15NOS/c1-2-23-21-12-9-18-13-17(5-8-19(18)14-21)4-3-16-6-10-20(11-7-16)22-15-24/h5-14H,2H2,1H3. The number of fused-ring (bicyclic) bond motifs is 1. The van der Waals surface area contributed by atoms with Crippen molar-refractivity contribution in [2.45, 2.75) is 6.92 Å². The summed E-state index contributed by atoms with van der Waals surface area (Å²) in [5, 5.41) is 4.65. The molecule has 0 radical (unpaired) electrons. The van der Waals surface area contributed by atoms with Crippen LogP contribution in [0.4, 0.5) is 5.69 Å². The molecule has 0 aromatic heterocycles. The molecule has 0 aliphatic rings. The van der Waals surface area contributed by atoms with Gasteiger partial charge in [0.05, 0.1) is 17.5 Å². The first kappa shape index (κ1) is 16.0. The Morgan fingerprint density at radius 1 is 0.875 bits per heavy atom. The number of aliphatic imine (C=N–C) groups is 1. The summed E-state index contributed by atoms with van der Waals surface area (Å²) < 4.78 is 5.53. The van der Waals surface area contributed by atoms with Crippen molar-refractivity contribution in [3.63, 3.8) is 0 Å². The molecule has 0 aliphatic heterocycles. The molecule has 24 heavy (non-hydrogen) atoms. The Hall–Kier alpha value is -2.92. The molecule has 3 heteroatoms. The van der Waals surface area contributed by atoms with E-state index in [1.165, 1.54) is 0 Å². The molecule has 2 nitrogen and oxygen atoms in total. The Labute approximate surface area is 146 Å². The van der Waals surface area contributed by atoms with Gasteiger partial charge in [0.15, 0.2) is 0 Å². The molecule has 0 amide bonds. The van der Waals surface area contributed by atoms with E-state index in [4.69, 9.17) is 4.74 Å².